The van der Waals surface area contributed by atoms with Gasteiger partial charge in [-0.2, -0.15) is 0 Å². The predicted octanol–water partition coefficient (Wildman–Crippen LogP) is 4.18. The Morgan fingerprint density at radius 1 is 1.11 bits per heavy atom. The molecule has 1 amide bonds. The number of ketones is 1. The summed E-state index contributed by atoms with van der Waals surface area (Å²) in [5.41, 5.74) is 0. The summed E-state index contributed by atoms with van der Waals surface area (Å²) in [5.74, 6) is 0.644. The number of aliphatic hydroxyl groups is 1. The molecule has 0 saturated heterocycles. The number of carbonyl (C=O) groups excluding carboxylic acids is 2. The van der Waals surface area contributed by atoms with E-state index < -0.39 is 6.10 Å². The van der Waals surface area contributed by atoms with E-state index in [0.717, 1.165) is 45.1 Å². The Labute approximate surface area is 165 Å². The molecule has 0 aromatic carbocycles. The molecule has 0 aromatic rings. The van der Waals surface area contributed by atoms with Gasteiger partial charge in [0.05, 0.1) is 18.3 Å². The third-order valence-corrected chi connectivity index (χ3v) is 4.78. The van der Waals surface area contributed by atoms with E-state index in [2.05, 4.69) is 24.4 Å². The highest BCUT2D eigenvalue weighted by Gasteiger charge is 2.21. The largest absolute Gasteiger partial charge is 0.391 e. The van der Waals surface area contributed by atoms with Crippen molar-refractivity contribution < 1.29 is 19.4 Å². The van der Waals surface area contributed by atoms with Gasteiger partial charge in [0.25, 0.3) is 0 Å². The van der Waals surface area contributed by atoms with Gasteiger partial charge < -0.3 is 20.0 Å². The molecule has 5 heteroatoms. The average Bonchev–Trinajstić information content (AvgIpc) is 2.61. The van der Waals surface area contributed by atoms with Crippen molar-refractivity contribution in [3.63, 3.8) is 0 Å². The molecular formula is C22H41NO4. The summed E-state index contributed by atoms with van der Waals surface area (Å²) in [5, 5.41) is 12.8. The van der Waals surface area contributed by atoms with E-state index in [0.29, 0.717) is 18.8 Å². The van der Waals surface area contributed by atoms with Crippen LogP contribution in [0.5, 0.6) is 0 Å². The molecule has 4 unspecified atom stereocenters. The van der Waals surface area contributed by atoms with E-state index in [1.165, 1.54) is 0 Å². The summed E-state index contributed by atoms with van der Waals surface area (Å²) >= 11 is 0. The van der Waals surface area contributed by atoms with Crippen LogP contribution in [-0.2, 0) is 14.3 Å². The Bertz CT molecular complexity index is 434. The van der Waals surface area contributed by atoms with Gasteiger partial charge in [-0.3, -0.25) is 4.79 Å². The number of ether oxygens (including phenoxy) is 1. The number of aliphatic hydroxyl groups excluding tert-OH is 1. The average molecular weight is 384 g/mol. The number of amides is 1. The maximum absolute atomic E-state index is 11.5. The topological polar surface area (TPSA) is 75.6 Å². The SMILES string of the molecule is CCCNC(=O)CCC=CCC(C)C(C)OC(CCCCC(C)=O)C(C)O. The minimum atomic E-state index is -0.519. The number of nitrogens with one attached hydrogen (secondary N) is 1. The molecule has 0 aliphatic carbocycles. The van der Waals surface area contributed by atoms with Crippen molar-refractivity contribution >= 4 is 11.7 Å². The summed E-state index contributed by atoms with van der Waals surface area (Å²) in [6, 6.07) is 0. The highest BCUT2D eigenvalue weighted by molar-refractivity contribution is 5.76. The molecule has 158 valence electrons. The zero-order valence-corrected chi connectivity index (χ0v) is 18.0. The molecule has 0 aromatic heterocycles. The molecule has 27 heavy (non-hydrogen) atoms. The van der Waals surface area contributed by atoms with Crippen LogP contribution in [-0.4, -0.2) is 41.7 Å². The van der Waals surface area contributed by atoms with E-state index in [4.69, 9.17) is 4.74 Å². The molecule has 4 atom stereocenters. The van der Waals surface area contributed by atoms with Crippen LogP contribution in [0.1, 0.15) is 86.0 Å². The first-order valence-corrected chi connectivity index (χ1v) is 10.5. The summed E-state index contributed by atoms with van der Waals surface area (Å²) in [4.78, 5) is 22.5. The van der Waals surface area contributed by atoms with Crippen LogP contribution in [0.4, 0.5) is 0 Å². The molecule has 0 bridgehead atoms. The van der Waals surface area contributed by atoms with E-state index in [1.54, 1.807) is 13.8 Å². The van der Waals surface area contributed by atoms with E-state index in [9.17, 15) is 14.7 Å². The zero-order valence-electron chi connectivity index (χ0n) is 18.0. The number of Topliss-reactive ketones (excluding diaryl/α,β-unsaturated/α-hetero) is 1. The number of hydrogen-bond acceptors (Lipinski definition) is 4. The second kappa shape index (κ2) is 15.8. The second-order valence-electron chi connectivity index (χ2n) is 7.64. The van der Waals surface area contributed by atoms with Crippen molar-refractivity contribution in [3.8, 4) is 0 Å². The lowest BCUT2D eigenvalue weighted by Crippen LogP contribution is -2.32. The molecule has 0 rings (SSSR count). The van der Waals surface area contributed by atoms with Crippen molar-refractivity contribution in [1.82, 2.24) is 5.32 Å². The van der Waals surface area contributed by atoms with Gasteiger partial charge in [0.1, 0.15) is 5.78 Å². The Hall–Kier alpha value is -1.20. The van der Waals surface area contributed by atoms with Crippen molar-refractivity contribution in [2.75, 3.05) is 6.54 Å². The molecule has 0 spiro atoms. The minimum Gasteiger partial charge on any atom is -0.391 e. The van der Waals surface area contributed by atoms with Gasteiger partial charge in [0.2, 0.25) is 5.91 Å². The van der Waals surface area contributed by atoms with Crippen LogP contribution in [0, 0.1) is 5.92 Å². The minimum absolute atomic E-state index is 0.0370. The number of rotatable bonds is 16. The number of allylic oxidation sites excluding steroid dienone is 2. The van der Waals surface area contributed by atoms with E-state index in [1.807, 2.05) is 13.8 Å². The molecule has 0 aliphatic rings. The normalized spacial score (nSPS) is 16.1. The quantitative estimate of drug-likeness (QED) is 0.310. The first-order chi connectivity index (χ1) is 12.8. The van der Waals surface area contributed by atoms with Crippen LogP contribution >= 0.6 is 0 Å². The Morgan fingerprint density at radius 2 is 1.81 bits per heavy atom. The summed E-state index contributed by atoms with van der Waals surface area (Å²) < 4.78 is 6.09. The Morgan fingerprint density at radius 3 is 2.41 bits per heavy atom. The molecule has 0 heterocycles. The first-order valence-electron chi connectivity index (χ1n) is 10.5. The molecule has 0 fully saturated rings. The smallest absolute Gasteiger partial charge is 0.220 e. The third-order valence-electron chi connectivity index (χ3n) is 4.78. The molecule has 5 nitrogen and oxygen atoms in total. The molecular weight excluding hydrogens is 342 g/mol. The van der Waals surface area contributed by atoms with Crippen LogP contribution < -0.4 is 5.32 Å². The second-order valence-corrected chi connectivity index (χ2v) is 7.64. The zero-order chi connectivity index (χ0) is 20.7. The maximum Gasteiger partial charge on any atom is 0.220 e. The van der Waals surface area contributed by atoms with Crippen LogP contribution in [0.3, 0.4) is 0 Å². The fourth-order valence-corrected chi connectivity index (χ4v) is 2.74. The Balaban J connectivity index is 4.13. The highest BCUT2D eigenvalue weighted by atomic mass is 16.5. The van der Waals surface area contributed by atoms with Gasteiger partial charge >= 0.3 is 0 Å². The van der Waals surface area contributed by atoms with Gasteiger partial charge in [-0.25, -0.2) is 0 Å². The van der Waals surface area contributed by atoms with Gasteiger partial charge in [-0.05, 0) is 58.8 Å². The monoisotopic (exact) mass is 383 g/mol. The maximum atomic E-state index is 11.5. The van der Waals surface area contributed by atoms with Crippen molar-refractivity contribution in [2.45, 2.75) is 104 Å². The molecule has 0 saturated carbocycles. The van der Waals surface area contributed by atoms with Crippen LogP contribution in [0.15, 0.2) is 12.2 Å². The predicted molar refractivity (Wildman–Crippen MR) is 111 cm³/mol. The molecule has 0 radical (unpaired) electrons. The molecule has 0 aliphatic heterocycles. The third kappa shape index (κ3) is 14.5. The fraction of sp³-hybridized carbons (Fsp3) is 0.818. The van der Waals surface area contributed by atoms with Crippen LogP contribution in [0.2, 0.25) is 0 Å². The number of carbonyl (C=O) groups is 2. The van der Waals surface area contributed by atoms with Gasteiger partial charge in [-0.15, -0.1) is 0 Å². The van der Waals surface area contributed by atoms with Crippen molar-refractivity contribution in [1.29, 1.82) is 0 Å². The Kier molecular flexibility index (Phi) is 15.1. The lowest BCUT2D eigenvalue weighted by atomic mass is 10.00. The van der Waals surface area contributed by atoms with E-state index in [-0.39, 0.29) is 23.9 Å². The first kappa shape index (κ1) is 25.8. The van der Waals surface area contributed by atoms with Crippen molar-refractivity contribution in [3.05, 3.63) is 12.2 Å². The van der Waals surface area contributed by atoms with Gasteiger partial charge in [-0.1, -0.05) is 32.4 Å². The number of unbranched alkanes of at least 4 members (excludes halogenated alkanes) is 1. The van der Waals surface area contributed by atoms with Gasteiger partial charge in [0.15, 0.2) is 0 Å². The standard InChI is InChI=1S/C22H41NO4/c1-6-16-23-22(26)15-9-7-8-12-17(2)20(5)27-21(19(4)25)14-11-10-13-18(3)24/h7-8,17,19-21,25H,6,9-16H2,1-5H3,(H,23,26). The lowest BCUT2D eigenvalue weighted by Gasteiger charge is -2.28. The van der Waals surface area contributed by atoms with Gasteiger partial charge in [0, 0.05) is 19.4 Å². The van der Waals surface area contributed by atoms with Crippen LogP contribution in [0.25, 0.3) is 0 Å². The highest BCUT2D eigenvalue weighted by Crippen LogP contribution is 2.19. The lowest BCUT2D eigenvalue weighted by molar-refractivity contribution is -0.121. The summed E-state index contributed by atoms with van der Waals surface area (Å²) in [6.45, 7) is 10.3. The summed E-state index contributed by atoms with van der Waals surface area (Å²) in [6.07, 6.45) is 9.72. The number of hydrogen-bond donors (Lipinski definition) is 2. The molecule has 2 N–H and O–H groups in total. The van der Waals surface area contributed by atoms with Crippen molar-refractivity contribution in [2.24, 2.45) is 5.92 Å². The summed E-state index contributed by atoms with van der Waals surface area (Å²) in [7, 11) is 0. The fourth-order valence-electron chi connectivity index (χ4n) is 2.74. The van der Waals surface area contributed by atoms with E-state index >= 15 is 0 Å².